The van der Waals surface area contributed by atoms with E-state index in [-0.39, 0.29) is 17.0 Å². The summed E-state index contributed by atoms with van der Waals surface area (Å²) in [4.78, 5) is 11.3. The molecule has 18 heavy (non-hydrogen) atoms. The van der Waals surface area contributed by atoms with Crippen LogP contribution in [0.2, 0.25) is 0 Å². The molecule has 2 atom stereocenters. The number of nitrogen functional groups attached to an aromatic ring is 1. The number of benzene rings is 1. The SMILES string of the molecule is CC1OCCC1Sc1cccc(NN)c1[N+](=O)[O-]. The number of para-hydroxylation sites is 1. The molecule has 0 spiro atoms. The molecule has 1 saturated heterocycles. The van der Waals surface area contributed by atoms with E-state index in [1.165, 1.54) is 11.8 Å². The van der Waals surface area contributed by atoms with Crippen molar-refractivity contribution in [2.24, 2.45) is 5.84 Å². The average Bonchev–Trinajstić information content (AvgIpc) is 2.74. The predicted molar refractivity (Wildman–Crippen MR) is 70.6 cm³/mol. The molecule has 1 aliphatic rings. The van der Waals surface area contributed by atoms with E-state index in [0.717, 1.165) is 6.42 Å². The third-order valence-corrected chi connectivity index (χ3v) is 4.43. The molecule has 1 aromatic rings. The second-order valence-corrected chi connectivity index (χ2v) is 5.36. The summed E-state index contributed by atoms with van der Waals surface area (Å²) in [7, 11) is 0. The lowest BCUT2D eigenvalue weighted by atomic mass is 10.2. The number of nitrogens with two attached hydrogens (primary N) is 1. The Balaban J connectivity index is 2.29. The molecule has 2 rings (SSSR count). The van der Waals surface area contributed by atoms with E-state index in [2.05, 4.69) is 5.43 Å². The van der Waals surface area contributed by atoms with Crippen LogP contribution in [-0.4, -0.2) is 22.9 Å². The van der Waals surface area contributed by atoms with Crippen molar-refractivity contribution in [2.75, 3.05) is 12.0 Å². The standard InChI is InChI=1S/C11H15N3O3S/c1-7-9(5-6-17-7)18-10-4-2-3-8(13-12)11(10)14(15)16/h2-4,7,9,13H,5-6,12H2,1H3. The van der Waals surface area contributed by atoms with Gasteiger partial charge in [-0.1, -0.05) is 6.07 Å². The number of hydrogen-bond donors (Lipinski definition) is 2. The van der Waals surface area contributed by atoms with Crippen LogP contribution < -0.4 is 11.3 Å². The zero-order chi connectivity index (χ0) is 13.1. The van der Waals surface area contributed by atoms with E-state index in [1.54, 1.807) is 18.2 Å². The van der Waals surface area contributed by atoms with Crippen LogP contribution in [0.25, 0.3) is 0 Å². The van der Waals surface area contributed by atoms with Gasteiger partial charge in [0.15, 0.2) is 0 Å². The van der Waals surface area contributed by atoms with Crippen molar-refractivity contribution in [3.8, 4) is 0 Å². The number of nitrogens with zero attached hydrogens (tertiary/aromatic N) is 1. The Kier molecular flexibility index (Phi) is 4.05. The number of nitro benzene ring substituents is 1. The molecular weight excluding hydrogens is 254 g/mol. The Morgan fingerprint density at radius 1 is 1.61 bits per heavy atom. The predicted octanol–water partition coefficient (Wildman–Crippen LogP) is 2.15. The molecule has 0 aliphatic carbocycles. The van der Waals surface area contributed by atoms with Gasteiger partial charge in [0.25, 0.3) is 0 Å². The number of ether oxygens (including phenoxy) is 1. The van der Waals surface area contributed by atoms with Crippen LogP contribution in [0.5, 0.6) is 0 Å². The maximum absolute atomic E-state index is 11.1. The van der Waals surface area contributed by atoms with Crippen molar-refractivity contribution in [2.45, 2.75) is 29.6 Å². The number of thioether (sulfide) groups is 1. The first-order valence-electron chi connectivity index (χ1n) is 5.65. The van der Waals surface area contributed by atoms with Gasteiger partial charge in [0, 0.05) is 11.9 Å². The highest BCUT2D eigenvalue weighted by Crippen LogP contribution is 2.40. The monoisotopic (exact) mass is 269 g/mol. The third kappa shape index (κ3) is 2.58. The molecule has 6 nitrogen and oxygen atoms in total. The van der Waals surface area contributed by atoms with Crippen molar-refractivity contribution in [1.29, 1.82) is 0 Å². The molecule has 0 amide bonds. The Hall–Kier alpha value is -1.31. The molecule has 3 N–H and O–H groups in total. The molecule has 1 aliphatic heterocycles. The fraction of sp³-hybridized carbons (Fsp3) is 0.455. The number of nitrogens with one attached hydrogen (secondary N) is 1. The van der Waals surface area contributed by atoms with Crippen LogP contribution in [-0.2, 0) is 4.74 Å². The van der Waals surface area contributed by atoms with Crippen molar-refractivity contribution in [3.63, 3.8) is 0 Å². The Morgan fingerprint density at radius 2 is 2.39 bits per heavy atom. The molecule has 1 fully saturated rings. The third-order valence-electron chi connectivity index (χ3n) is 2.92. The van der Waals surface area contributed by atoms with Gasteiger partial charge < -0.3 is 10.2 Å². The van der Waals surface area contributed by atoms with Crippen LogP contribution in [0, 0.1) is 10.1 Å². The van der Waals surface area contributed by atoms with Gasteiger partial charge in [-0.05, 0) is 25.5 Å². The lowest BCUT2D eigenvalue weighted by Crippen LogP contribution is -2.14. The highest BCUT2D eigenvalue weighted by atomic mass is 32.2. The van der Waals surface area contributed by atoms with Crippen molar-refractivity contribution in [3.05, 3.63) is 28.3 Å². The first kappa shape index (κ1) is 13.1. The van der Waals surface area contributed by atoms with E-state index in [1.807, 2.05) is 6.92 Å². The maximum atomic E-state index is 11.1. The van der Waals surface area contributed by atoms with E-state index >= 15 is 0 Å². The highest BCUT2D eigenvalue weighted by molar-refractivity contribution is 8.00. The summed E-state index contributed by atoms with van der Waals surface area (Å²) >= 11 is 1.48. The summed E-state index contributed by atoms with van der Waals surface area (Å²) in [6, 6.07) is 5.09. The summed E-state index contributed by atoms with van der Waals surface area (Å²) in [6.07, 6.45) is 1.02. The topological polar surface area (TPSA) is 90.4 Å². The maximum Gasteiger partial charge on any atom is 0.307 e. The largest absolute Gasteiger partial charge is 0.377 e. The summed E-state index contributed by atoms with van der Waals surface area (Å²) in [6.45, 7) is 2.70. The molecule has 1 aromatic carbocycles. The van der Waals surface area contributed by atoms with Crippen molar-refractivity contribution in [1.82, 2.24) is 0 Å². The number of rotatable bonds is 4. The van der Waals surface area contributed by atoms with Gasteiger partial charge >= 0.3 is 5.69 Å². The lowest BCUT2D eigenvalue weighted by molar-refractivity contribution is -0.386. The molecule has 0 bridgehead atoms. The van der Waals surface area contributed by atoms with E-state index < -0.39 is 4.92 Å². The molecule has 0 aromatic heterocycles. The summed E-state index contributed by atoms with van der Waals surface area (Å²) in [5.41, 5.74) is 2.73. The zero-order valence-corrected chi connectivity index (χ0v) is 10.8. The highest BCUT2D eigenvalue weighted by Gasteiger charge is 2.29. The number of hydrogen-bond acceptors (Lipinski definition) is 6. The van der Waals surface area contributed by atoms with Gasteiger partial charge in [-0.25, -0.2) is 0 Å². The fourth-order valence-corrected chi connectivity index (χ4v) is 3.22. The molecule has 1 heterocycles. The van der Waals surface area contributed by atoms with Crippen LogP contribution in [0.4, 0.5) is 11.4 Å². The molecule has 0 radical (unpaired) electrons. The minimum atomic E-state index is -0.405. The molecule has 2 unspecified atom stereocenters. The minimum absolute atomic E-state index is 0.0316. The second kappa shape index (κ2) is 5.55. The fourth-order valence-electron chi connectivity index (χ4n) is 1.95. The summed E-state index contributed by atoms with van der Waals surface area (Å²) in [5.74, 6) is 5.30. The van der Waals surface area contributed by atoms with E-state index in [0.29, 0.717) is 17.2 Å². The van der Waals surface area contributed by atoms with Gasteiger partial charge in [0.2, 0.25) is 0 Å². The minimum Gasteiger partial charge on any atom is -0.377 e. The van der Waals surface area contributed by atoms with Crippen LogP contribution in [0.15, 0.2) is 23.1 Å². The Morgan fingerprint density at radius 3 is 2.94 bits per heavy atom. The average molecular weight is 269 g/mol. The normalized spacial score (nSPS) is 23.0. The van der Waals surface area contributed by atoms with Crippen LogP contribution in [0.3, 0.4) is 0 Å². The molecular formula is C11H15N3O3S. The summed E-state index contributed by atoms with van der Waals surface area (Å²) in [5, 5.41) is 11.4. The van der Waals surface area contributed by atoms with Gasteiger partial charge in [0.1, 0.15) is 5.69 Å². The van der Waals surface area contributed by atoms with Crippen molar-refractivity contribution < 1.29 is 9.66 Å². The van der Waals surface area contributed by atoms with Gasteiger partial charge in [-0.3, -0.25) is 16.0 Å². The van der Waals surface area contributed by atoms with Gasteiger partial charge in [0.05, 0.1) is 15.9 Å². The Bertz CT molecular complexity index is 455. The van der Waals surface area contributed by atoms with Gasteiger partial charge in [-0.2, -0.15) is 0 Å². The first-order valence-corrected chi connectivity index (χ1v) is 6.53. The van der Waals surface area contributed by atoms with Crippen LogP contribution in [0.1, 0.15) is 13.3 Å². The Labute approximate surface area is 109 Å². The van der Waals surface area contributed by atoms with E-state index in [4.69, 9.17) is 10.6 Å². The number of anilines is 1. The quantitative estimate of drug-likeness (QED) is 0.494. The molecule has 0 saturated carbocycles. The van der Waals surface area contributed by atoms with Crippen LogP contribution >= 0.6 is 11.8 Å². The zero-order valence-electron chi connectivity index (χ0n) is 9.96. The smallest absolute Gasteiger partial charge is 0.307 e. The molecule has 98 valence electrons. The first-order chi connectivity index (χ1) is 8.63. The van der Waals surface area contributed by atoms with Crippen molar-refractivity contribution >= 4 is 23.1 Å². The second-order valence-electron chi connectivity index (χ2n) is 4.07. The van der Waals surface area contributed by atoms with E-state index in [9.17, 15) is 10.1 Å². The number of hydrazine groups is 1. The summed E-state index contributed by atoms with van der Waals surface area (Å²) < 4.78 is 5.46. The molecule has 7 heteroatoms. The lowest BCUT2D eigenvalue weighted by Gasteiger charge is -2.14. The van der Waals surface area contributed by atoms with Gasteiger partial charge in [-0.15, -0.1) is 11.8 Å². The number of nitro groups is 1.